The number of rotatable bonds is 4. The van der Waals surface area contributed by atoms with E-state index >= 15 is 0 Å². The van der Waals surface area contributed by atoms with Gasteiger partial charge in [0.15, 0.2) is 6.04 Å². The van der Waals surface area contributed by atoms with Crippen molar-refractivity contribution in [2.24, 2.45) is 0 Å². The highest BCUT2D eigenvalue weighted by atomic mass is 16.6. The predicted molar refractivity (Wildman–Crippen MR) is 121 cm³/mol. The number of carbonyl (C=O) groups is 3. The number of nitrogens with zero attached hydrogens (tertiary/aromatic N) is 1. The molecule has 2 atom stereocenters. The number of aliphatic carboxylic acids is 1. The fourth-order valence-electron chi connectivity index (χ4n) is 4.79. The lowest BCUT2D eigenvalue weighted by Crippen LogP contribution is -2.60. The van der Waals surface area contributed by atoms with Crippen molar-refractivity contribution in [1.29, 1.82) is 0 Å². The van der Waals surface area contributed by atoms with Crippen LogP contribution in [0.2, 0.25) is 0 Å². The molecule has 7 nitrogen and oxygen atoms in total. The Morgan fingerprint density at radius 3 is 2.09 bits per heavy atom. The van der Waals surface area contributed by atoms with Gasteiger partial charge in [-0.3, -0.25) is 9.69 Å². The Balaban J connectivity index is 1.39. The van der Waals surface area contributed by atoms with E-state index in [0.717, 1.165) is 27.2 Å². The summed E-state index contributed by atoms with van der Waals surface area (Å²) >= 11 is 0. The second-order valence-electron chi connectivity index (χ2n) is 8.17. The summed E-state index contributed by atoms with van der Waals surface area (Å²) < 4.78 is 5.64. The standard InChI is InChI=1S/C26H22N2O5/c29-22-14-28(24(25(30)31)23(27-22)16-8-2-1-3-9-16)26(32)33-15-21-19-12-6-4-10-17(19)18-11-5-7-13-20(18)21/h1-13,21,23-24H,14-15H2,(H,27,29)(H,30,31)/t23-,24+/m1/s1. The zero-order chi connectivity index (χ0) is 22.9. The van der Waals surface area contributed by atoms with Gasteiger partial charge in [0.2, 0.25) is 5.91 Å². The van der Waals surface area contributed by atoms with Crippen LogP contribution in [-0.4, -0.2) is 47.2 Å². The smallest absolute Gasteiger partial charge is 0.411 e. The van der Waals surface area contributed by atoms with Crippen molar-refractivity contribution in [1.82, 2.24) is 10.2 Å². The molecular weight excluding hydrogens is 420 g/mol. The molecule has 3 aromatic carbocycles. The maximum absolute atomic E-state index is 13.1. The SMILES string of the molecule is O=C1CN(C(=O)OCC2c3ccccc3-c3ccccc32)[C@H](C(=O)O)[C@@H](c2ccccc2)N1. The Morgan fingerprint density at radius 2 is 1.48 bits per heavy atom. The fourth-order valence-corrected chi connectivity index (χ4v) is 4.79. The second-order valence-corrected chi connectivity index (χ2v) is 8.17. The zero-order valence-electron chi connectivity index (χ0n) is 17.7. The van der Waals surface area contributed by atoms with Crippen LogP contribution in [0.3, 0.4) is 0 Å². The summed E-state index contributed by atoms with van der Waals surface area (Å²) in [5, 5.41) is 12.6. The first-order valence-corrected chi connectivity index (χ1v) is 10.7. The predicted octanol–water partition coefficient (Wildman–Crippen LogP) is 3.56. The molecule has 33 heavy (non-hydrogen) atoms. The van der Waals surface area contributed by atoms with E-state index in [9.17, 15) is 19.5 Å². The largest absolute Gasteiger partial charge is 0.480 e. The molecule has 1 aliphatic carbocycles. The van der Waals surface area contributed by atoms with Crippen molar-refractivity contribution in [2.75, 3.05) is 13.2 Å². The van der Waals surface area contributed by atoms with Gasteiger partial charge in [0.1, 0.15) is 13.2 Å². The van der Waals surface area contributed by atoms with Crippen molar-refractivity contribution in [3.63, 3.8) is 0 Å². The lowest BCUT2D eigenvalue weighted by Gasteiger charge is -2.38. The molecule has 1 heterocycles. The number of benzene rings is 3. The Morgan fingerprint density at radius 1 is 0.909 bits per heavy atom. The van der Waals surface area contributed by atoms with Gasteiger partial charge < -0.3 is 15.2 Å². The van der Waals surface area contributed by atoms with Crippen LogP contribution in [0.5, 0.6) is 0 Å². The van der Waals surface area contributed by atoms with Gasteiger partial charge in [0.25, 0.3) is 0 Å². The first kappa shape index (κ1) is 20.8. The van der Waals surface area contributed by atoms with Gasteiger partial charge in [0.05, 0.1) is 6.04 Å². The average Bonchev–Trinajstić information content (AvgIpc) is 3.16. The number of hydrogen-bond acceptors (Lipinski definition) is 4. The molecule has 5 rings (SSSR count). The molecule has 2 N–H and O–H groups in total. The van der Waals surface area contributed by atoms with Crippen LogP contribution in [0.15, 0.2) is 78.9 Å². The van der Waals surface area contributed by atoms with Crippen LogP contribution >= 0.6 is 0 Å². The van der Waals surface area contributed by atoms with E-state index in [1.807, 2.05) is 48.5 Å². The number of ether oxygens (including phenoxy) is 1. The molecule has 0 radical (unpaired) electrons. The molecule has 7 heteroatoms. The lowest BCUT2D eigenvalue weighted by molar-refractivity contribution is -0.147. The molecule has 166 valence electrons. The van der Waals surface area contributed by atoms with Crippen LogP contribution < -0.4 is 5.32 Å². The Labute approximate surface area is 190 Å². The van der Waals surface area contributed by atoms with Gasteiger partial charge in [-0.15, -0.1) is 0 Å². The van der Waals surface area contributed by atoms with E-state index in [4.69, 9.17) is 4.74 Å². The third-order valence-corrected chi connectivity index (χ3v) is 6.26. The summed E-state index contributed by atoms with van der Waals surface area (Å²) in [6, 6.07) is 22.5. The van der Waals surface area contributed by atoms with Gasteiger partial charge in [-0.1, -0.05) is 78.9 Å². The normalized spacial score (nSPS) is 19.4. The van der Waals surface area contributed by atoms with Crippen LogP contribution in [-0.2, 0) is 14.3 Å². The number of hydrogen-bond donors (Lipinski definition) is 2. The number of carboxylic acid groups (broad SMARTS) is 1. The molecule has 3 aromatic rings. The minimum atomic E-state index is -1.28. The van der Waals surface area contributed by atoms with Gasteiger partial charge in [-0.25, -0.2) is 9.59 Å². The molecule has 0 bridgehead atoms. The summed E-state index contributed by atoms with van der Waals surface area (Å²) in [4.78, 5) is 38.6. The monoisotopic (exact) mass is 442 g/mol. The van der Waals surface area contributed by atoms with E-state index in [1.54, 1.807) is 30.3 Å². The number of carboxylic acids is 1. The van der Waals surface area contributed by atoms with Crippen molar-refractivity contribution < 1.29 is 24.2 Å². The molecule has 0 unspecified atom stereocenters. The second kappa shape index (κ2) is 8.43. The van der Waals surface area contributed by atoms with Crippen LogP contribution in [0.25, 0.3) is 11.1 Å². The molecule has 1 aliphatic heterocycles. The van der Waals surface area contributed by atoms with Crippen LogP contribution in [0.4, 0.5) is 4.79 Å². The van der Waals surface area contributed by atoms with E-state index in [1.165, 1.54) is 0 Å². The lowest BCUT2D eigenvalue weighted by atomic mass is 9.96. The molecule has 2 aliphatic rings. The summed E-state index contributed by atoms with van der Waals surface area (Å²) in [5.41, 5.74) is 4.91. The number of amides is 2. The summed E-state index contributed by atoms with van der Waals surface area (Å²) in [5.74, 6) is -1.81. The van der Waals surface area contributed by atoms with Crippen molar-refractivity contribution in [3.8, 4) is 11.1 Å². The Bertz CT molecular complexity index is 1180. The highest BCUT2D eigenvalue weighted by Gasteiger charge is 2.44. The third-order valence-electron chi connectivity index (χ3n) is 6.26. The molecule has 0 spiro atoms. The summed E-state index contributed by atoms with van der Waals surface area (Å²) in [6.45, 7) is -0.329. The summed E-state index contributed by atoms with van der Waals surface area (Å²) in [7, 11) is 0. The summed E-state index contributed by atoms with van der Waals surface area (Å²) in [6.07, 6.45) is -0.819. The molecule has 0 saturated carbocycles. The maximum Gasteiger partial charge on any atom is 0.411 e. The van der Waals surface area contributed by atoms with Gasteiger partial charge in [-0.05, 0) is 27.8 Å². The average molecular weight is 442 g/mol. The zero-order valence-corrected chi connectivity index (χ0v) is 17.7. The topological polar surface area (TPSA) is 95.9 Å². The third kappa shape index (κ3) is 3.71. The highest BCUT2D eigenvalue weighted by Crippen LogP contribution is 2.44. The van der Waals surface area contributed by atoms with E-state index in [2.05, 4.69) is 5.32 Å². The first-order valence-electron chi connectivity index (χ1n) is 10.7. The molecular formula is C26H22N2O5. The van der Waals surface area contributed by atoms with Gasteiger partial charge in [-0.2, -0.15) is 0 Å². The minimum Gasteiger partial charge on any atom is -0.480 e. The van der Waals surface area contributed by atoms with Crippen molar-refractivity contribution >= 4 is 18.0 Å². The molecule has 2 amide bonds. The maximum atomic E-state index is 13.1. The minimum absolute atomic E-state index is 0.0489. The van der Waals surface area contributed by atoms with Crippen molar-refractivity contribution in [2.45, 2.75) is 18.0 Å². The van der Waals surface area contributed by atoms with Crippen LogP contribution in [0.1, 0.15) is 28.7 Å². The van der Waals surface area contributed by atoms with Crippen molar-refractivity contribution in [3.05, 3.63) is 95.6 Å². The van der Waals surface area contributed by atoms with E-state index in [0.29, 0.717) is 5.56 Å². The molecule has 1 saturated heterocycles. The number of piperazine rings is 1. The fraction of sp³-hybridized carbons (Fsp3) is 0.192. The number of nitrogens with one attached hydrogen (secondary N) is 1. The number of carbonyl (C=O) groups excluding carboxylic acids is 2. The molecule has 1 fully saturated rings. The quantitative estimate of drug-likeness (QED) is 0.644. The van der Waals surface area contributed by atoms with Gasteiger partial charge >= 0.3 is 12.1 Å². The van der Waals surface area contributed by atoms with E-state index < -0.39 is 30.1 Å². The van der Waals surface area contributed by atoms with Gasteiger partial charge in [0, 0.05) is 5.92 Å². The van der Waals surface area contributed by atoms with E-state index in [-0.39, 0.29) is 19.1 Å². The van der Waals surface area contributed by atoms with Crippen LogP contribution in [0, 0.1) is 0 Å². The molecule has 0 aromatic heterocycles. The Kier molecular flexibility index (Phi) is 5.30. The Hall–Kier alpha value is -4.13. The first-order chi connectivity index (χ1) is 16.0. The number of fused-ring (bicyclic) bond motifs is 3. The highest BCUT2D eigenvalue weighted by molar-refractivity contribution is 5.90.